The van der Waals surface area contributed by atoms with Crippen LogP contribution in [0.25, 0.3) is 11.1 Å². The minimum absolute atomic E-state index is 0.0251. The second-order valence-corrected chi connectivity index (χ2v) is 6.76. The molecular weight excluding hydrogens is 370 g/mol. The van der Waals surface area contributed by atoms with Gasteiger partial charge in [0.2, 0.25) is 0 Å². The standard InChI is InChI=1S/C23H22NO5/c1-2-7-21(25)20(12-13-22(26)27)24-23(28)29-14-19-17-10-5-3-8-15(17)16-9-4-6-11-18(16)19/h2-11,19-20H,1,12-14H2,(H,24,28)(H,26,27)/t20-/m0/s1. The molecule has 1 radical (unpaired) electrons. The first-order valence-corrected chi connectivity index (χ1v) is 9.34. The van der Waals surface area contributed by atoms with Gasteiger partial charge in [-0.25, -0.2) is 4.79 Å². The van der Waals surface area contributed by atoms with Crippen molar-refractivity contribution in [3.63, 3.8) is 0 Å². The Morgan fingerprint density at radius 1 is 1.07 bits per heavy atom. The second kappa shape index (κ2) is 9.19. The van der Waals surface area contributed by atoms with Crippen LogP contribution in [0.2, 0.25) is 0 Å². The lowest BCUT2D eigenvalue weighted by atomic mass is 9.98. The molecule has 0 fully saturated rings. The van der Waals surface area contributed by atoms with Gasteiger partial charge < -0.3 is 15.2 Å². The van der Waals surface area contributed by atoms with E-state index in [0.717, 1.165) is 22.3 Å². The fourth-order valence-corrected chi connectivity index (χ4v) is 3.57. The predicted octanol–water partition coefficient (Wildman–Crippen LogP) is 3.72. The number of aliphatic carboxylic acids is 1. The maximum Gasteiger partial charge on any atom is 0.407 e. The third-order valence-corrected chi connectivity index (χ3v) is 4.91. The van der Waals surface area contributed by atoms with E-state index in [9.17, 15) is 14.4 Å². The number of benzene rings is 2. The van der Waals surface area contributed by atoms with Gasteiger partial charge in [-0.15, -0.1) is 6.58 Å². The zero-order valence-electron chi connectivity index (χ0n) is 15.8. The largest absolute Gasteiger partial charge is 0.481 e. The molecule has 1 atom stereocenters. The summed E-state index contributed by atoms with van der Waals surface area (Å²) < 4.78 is 5.42. The Labute approximate surface area is 169 Å². The molecular formula is C23H22NO5. The summed E-state index contributed by atoms with van der Waals surface area (Å²) in [5, 5.41) is 11.3. The number of fused-ring (bicyclic) bond motifs is 3. The lowest BCUT2D eigenvalue weighted by Crippen LogP contribution is -2.41. The molecule has 0 aromatic heterocycles. The quantitative estimate of drug-likeness (QED) is 0.679. The Kier molecular flexibility index (Phi) is 6.44. The first-order valence-electron chi connectivity index (χ1n) is 9.34. The number of alkyl carbamates (subject to hydrolysis) is 1. The number of allylic oxidation sites excluding steroid dienone is 1. The SMILES string of the molecule is C=C[CH]C(=O)[C@H](CCC(=O)O)NC(=O)OCC1c2ccccc2-c2ccccc21. The van der Waals surface area contributed by atoms with Crippen molar-refractivity contribution in [1.29, 1.82) is 0 Å². The average molecular weight is 392 g/mol. The number of ketones is 1. The van der Waals surface area contributed by atoms with Gasteiger partial charge in [-0.2, -0.15) is 0 Å². The summed E-state index contributed by atoms with van der Waals surface area (Å²) in [6, 6.07) is 15.0. The van der Waals surface area contributed by atoms with E-state index in [-0.39, 0.29) is 25.4 Å². The molecule has 0 bridgehead atoms. The van der Waals surface area contributed by atoms with Gasteiger partial charge in [0, 0.05) is 12.3 Å². The van der Waals surface area contributed by atoms with Crippen molar-refractivity contribution in [2.45, 2.75) is 24.8 Å². The molecule has 2 N–H and O–H groups in total. The summed E-state index contributed by atoms with van der Waals surface area (Å²) in [6.45, 7) is 3.57. The normalized spacial score (nSPS) is 13.1. The van der Waals surface area contributed by atoms with Crippen LogP contribution in [0.15, 0.2) is 61.2 Å². The van der Waals surface area contributed by atoms with Gasteiger partial charge in [-0.1, -0.05) is 54.6 Å². The fourth-order valence-electron chi connectivity index (χ4n) is 3.57. The number of rotatable bonds is 9. The highest BCUT2D eigenvalue weighted by Gasteiger charge is 2.29. The first kappa shape index (κ1) is 20.3. The monoisotopic (exact) mass is 392 g/mol. The number of ether oxygens (including phenoxy) is 1. The molecule has 2 aromatic carbocycles. The van der Waals surface area contributed by atoms with E-state index in [0.29, 0.717) is 0 Å². The number of carboxylic acid groups (broad SMARTS) is 1. The van der Waals surface area contributed by atoms with Crippen LogP contribution >= 0.6 is 0 Å². The lowest BCUT2D eigenvalue weighted by molar-refractivity contribution is -0.137. The highest BCUT2D eigenvalue weighted by atomic mass is 16.5. The van der Waals surface area contributed by atoms with Gasteiger partial charge in [-0.05, 0) is 28.7 Å². The molecule has 6 heteroatoms. The summed E-state index contributed by atoms with van der Waals surface area (Å²) in [4.78, 5) is 35.2. The molecule has 2 aromatic rings. The number of amides is 1. The van der Waals surface area contributed by atoms with Crippen molar-refractivity contribution < 1.29 is 24.2 Å². The molecule has 0 aliphatic heterocycles. The van der Waals surface area contributed by atoms with E-state index < -0.39 is 23.9 Å². The average Bonchev–Trinajstić information content (AvgIpc) is 3.03. The van der Waals surface area contributed by atoms with Crippen LogP contribution in [0.5, 0.6) is 0 Å². The number of Topliss-reactive ketones (excluding diaryl/α,β-unsaturated/α-hetero) is 1. The zero-order valence-corrected chi connectivity index (χ0v) is 15.8. The maximum atomic E-state index is 12.3. The summed E-state index contributed by atoms with van der Waals surface area (Å²) in [5.74, 6) is -1.56. The van der Waals surface area contributed by atoms with E-state index in [4.69, 9.17) is 9.84 Å². The van der Waals surface area contributed by atoms with Crippen LogP contribution in [0, 0.1) is 6.42 Å². The number of carboxylic acids is 1. The molecule has 1 aliphatic carbocycles. The third-order valence-electron chi connectivity index (χ3n) is 4.91. The second-order valence-electron chi connectivity index (χ2n) is 6.76. The molecule has 0 unspecified atom stereocenters. The van der Waals surface area contributed by atoms with Crippen LogP contribution < -0.4 is 5.32 Å². The first-order chi connectivity index (χ1) is 14.0. The number of hydrogen-bond acceptors (Lipinski definition) is 4. The Morgan fingerprint density at radius 2 is 1.66 bits per heavy atom. The molecule has 6 nitrogen and oxygen atoms in total. The van der Waals surface area contributed by atoms with Gasteiger partial charge in [0.1, 0.15) is 6.61 Å². The summed E-state index contributed by atoms with van der Waals surface area (Å²) >= 11 is 0. The van der Waals surface area contributed by atoms with Crippen molar-refractivity contribution >= 4 is 17.8 Å². The Balaban J connectivity index is 1.67. The van der Waals surface area contributed by atoms with Crippen LogP contribution in [-0.2, 0) is 14.3 Å². The van der Waals surface area contributed by atoms with Gasteiger partial charge in [0.25, 0.3) is 0 Å². The maximum absolute atomic E-state index is 12.3. The van der Waals surface area contributed by atoms with Crippen LogP contribution in [0.1, 0.15) is 29.9 Å². The Hall–Kier alpha value is -3.41. The Morgan fingerprint density at radius 3 is 2.21 bits per heavy atom. The van der Waals surface area contributed by atoms with Gasteiger partial charge >= 0.3 is 12.1 Å². The van der Waals surface area contributed by atoms with Crippen LogP contribution in [0.4, 0.5) is 4.79 Å². The minimum atomic E-state index is -1.05. The highest BCUT2D eigenvalue weighted by Crippen LogP contribution is 2.44. The van der Waals surface area contributed by atoms with E-state index in [1.165, 1.54) is 12.5 Å². The van der Waals surface area contributed by atoms with Crippen molar-refractivity contribution in [2.75, 3.05) is 6.61 Å². The zero-order chi connectivity index (χ0) is 20.8. The van der Waals surface area contributed by atoms with E-state index in [2.05, 4.69) is 11.9 Å². The number of carbonyl (C=O) groups excluding carboxylic acids is 2. The number of nitrogens with one attached hydrogen (secondary N) is 1. The molecule has 0 saturated heterocycles. The van der Waals surface area contributed by atoms with Crippen molar-refractivity contribution in [3.8, 4) is 11.1 Å². The molecule has 0 spiro atoms. The molecule has 0 saturated carbocycles. The highest BCUT2D eigenvalue weighted by molar-refractivity contribution is 5.95. The molecule has 1 aliphatic rings. The number of carbonyl (C=O) groups is 3. The third kappa shape index (κ3) is 4.71. The van der Waals surface area contributed by atoms with Crippen molar-refractivity contribution in [1.82, 2.24) is 5.32 Å². The van der Waals surface area contributed by atoms with Gasteiger partial charge in [0.15, 0.2) is 5.78 Å². The molecule has 0 heterocycles. The topological polar surface area (TPSA) is 92.7 Å². The fraction of sp³-hybridized carbons (Fsp3) is 0.217. The van der Waals surface area contributed by atoms with E-state index >= 15 is 0 Å². The molecule has 3 rings (SSSR count). The molecule has 29 heavy (non-hydrogen) atoms. The Bertz CT molecular complexity index is 891. The van der Waals surface area contributed by atoms with Crippen molar-refractivity contribution in [2.24, 2.45) is 0 Å². The van der Waals surface area contributed by atoms with Gasteiger partial charge in [-0.3, -0.25) is 9.59 Å². The summed E-state index contributed by atoms with van der Waals surface area (Å²) in [5.41, 5.74) is 4.40. The van der Waals surface area contributed by atoms with Gasteiger partial charge in [0.05, 0.1) is 12.5 Å². The lowest BCUT2D eigenvalue weighted by Gasteiger charge is -2.18. The van der Waals surface area contributed by atoms with Crippen LogP contribution in [-0.4, -0.2) is 35.6 Å². The van der Waals surface area contributed by atoms with Crippen LogP contribution in [0.3, 0.4) is 0 Å². The van der Waals surface area contributed by atoms with Crippen molar-refractivity contribution in [3.05, 3.63) is 78.7 Å². The smallest absolute Gasteiger partial charge is 0.407 e. The number of hydrogen-bond donors (Lipinski definition) is 2. The molecule has 1 amide bonds. The summed E-state index contributed by atoms with van der Waals surface area (Å²) in [6.07, 6.45) is 1.48. The summed E-state index contributed by atoms with van der Waals surface area (Å²) in [7, 11) is 0. The minimum Gasteiger partial charge on any atom is -0.481 e. The predicted molar refractivity (Wildman–Crippen MR) is 108 cm³/mol. The van der Waals surface area contributed by atoms with E-state index in [1.54, 1.807) is 0 Å². The molecule has 149 valence electrons. The van der Waals surface area contributed by atoms with E-state index in [1.807, 2.05) is 48.5 Å².